The SMILES string of the molecule is CCC(CC)C(=O)C(C)(C)N1CCNCC1. The average molecular weight is 226 g/mol. The summed E-state index contributed by atoms with van der Waals surface area (Å²) >= 11 is 0. The van der Waals surface area contributed by atoms with Crippen LogP contribution in [0.25, 0.3) is 0 Å². The zero-order valence-corrected chi connectivity index (χ0v) is 11.2. The molecule has 94 valence electrons. The van der Waals surface area contributed by atoms with E-state index < -0.39 is 0 Å². The third-order valence-corrected chi connectivity index (χ3v) is 3.87. The molecule has 16 heavy (non-hydrogen) atoms. The molecule has 0 unspecified atom stereocenters. The number of hydrogen-bond acceptors (Lipinski definition) is 3. The van der Waals surface area contributed by atoms with Crippen molar-refractivity contribution in [1.29, 1.82) is 0 Å². The van der Waals surface area contributed by atoms with Crippen LogP contribution in [-0.2, 0) is 4.79 Å². The zero-order chi connectivity index (χ0) is 12.2. The highest BCUT2D eigenvalue weighted by molar-refractivity contribution is 5.89. The average Bonchev–Trinajstić information content (AvgIpc) is 2.31. The van der Waals surface area contributed by atoms with Gasteiger partial charge < -0.3 is 5.32 Å². The highest BCUT2D eigenvalue weighted by atomic mass is 16.1. The molecule has 1 fully saturated rings. The molecule has 0 aromatic heterocycles. The Labute approximate surface area is 99.6 Å². The van der Waals surface area contributed by atoms with Crippen LogP contribution in [0.1, 0.15) is 40.5 Å². The lowest BCUT2D eigenvalue weighted by atomic mass is 9.84. The third-order valence-electron chi connectivity index (χ3n) is 3.87. The molecule has 0 aromatic carbocycles. The smallest absolute Gasteiger partial charge is 0.155 e. The van der Waals surface area contributed by atoms with Crippen molar-refractivity contribution in [2.45, 2.75) is 46.1 Å². The molecule has 1 heterocycles. The second-order valence-electron chi connectivity index (χ2n) is 5.17. The van der Waals surface area contributed by atoms with Crippen LogP contribution in [0.4, 0.5) is 0 Å². The predicted molar refractivity (Wildman–Crippen MR) is 67.6 cm³/mol. The Morgan fingerprint density at radius 1 is 1.25 bits per heavy atom. The Kier molecular flexibility index (Phi) is 4.93. The molecule has 1 aliphatic rings. The van der Waals surface area contributed by atoms with Crippen molar-refractivity contribution in [1.82, 2.24) is 10.2 Å². The molecule has 0 aromatic rings. The summed E-state index contributed by atoms with van der Waals surface area (Å²) < 4.78 is 0. The molecule has 1 N–H and O–H groups in total. The van der Waals surface area contributed by atoms with Crippen LogP contribution in [0.15, 0.2) is 0 Å². The second kappa shape index (κ2) is 5.78. The van der Waals surface area contributed by atoms with E-state index in [1.165, 1.54) is 0 Å². The molecule has 0 bridgehead atoms. The molecule has 1 saturated heterocycles. The van der Waals surface area contributed by atoms with Crippen LogP contribution >= 0.6 is 0 Å². The number of piperazine rings is 1. The van der Waals surface area contributed by atoms with Crippen LogP contribution in [-0.4, -0.2) is 42.4 Å². The summed E-state index contributed by atoms with van der Waals surface area (Å²) in [5.41, 5.74) is -0.293. The Morgan fingerprint density at radius 2 is 1.75 bits per heavy atom. The van der Waals surface area contributed by atoms with Crippen LogP contribution in [0.5, 0.6) is 0 Å². The highest BCUT2D eigenvalue weighted by Gasteiger charge is 2.37. The summed E-state index contributed by atoms with van der Waals surface area (Å²) in [4.78, 5) is 14.8. The van der Waals surface area contributed by atoms with Crippen molar-refractivity contribution in [3.8, 4) is 0 Å². The van der Waals surface area contributed by atoms with E-state index in [1.54, 1.807) is 0 Å². The summed E-state index contributed by atoms with van der Waals surface area (Å²) in [7, 11) is 0. The Bertz CT molecular complexity index is 228. The largest absolute Gasteiger partial charge is 0.314 e. The van der Waals surface area contributed by atoms with Gasteiger partial charge in [-0.2, -0.15) is 0 Å². The molecule has 0 atom stereocenters. The van der Waals surface area contributed by atoms with E-state index in [9.17, 15) is 4.79 Å². The van der Waals surface area contributed by atoms with Gasteiger partial charge >= 0.3 is 0 Å². The van der Waals surface area contributed by atoms with E-state index >= 15 is 0 Å². The monoisotopic (exact) mass is 226 g/mol. The minimum Gasteiger partial charge on any atom is -0.314 e. The van der Waals surface area contributed by atoms with Crippen molar-refractivity contribution < 1.29 is 4.79 Å². The quantitative estimate of drug-likeness (QED) is 0.774. The van der Waals surface area contributed by atoms with Gasteiger partial charge in [-0.1, -0.05) is 13.8 Å². The van der Waals surface area contributed by atoms with Crippen molar-refractivity contribution >= 4 is 5.78 Å². The number of nitrogens with zero attached hydrogens (tertiary/aromatic N) is 1. The van der Waals surface area contributed by atoms with Gasteiger partial charge in [-0.3, -0.25) is 9.69 Å². The molecule has 0 amide bonds. The normalized spacial score (nSPS) is 19.1. The van der Waals surface area contributed by atoms with Gasteiger partial charge in [-0.15, -0.1) is 0 Å². The summed E-state index contributed by atoms with van der Waals surface area (Å²) in [6.45, 7) is 12.4. The maximum absolute atomic E-state index is 12.5. The first-order valence-corrected chi connectivity index (χ1v) is 6.54. The van der Waals surface area contributed by atoms with Gasteiger partial charge in [0.1, 0.15) is 0 Å². The van der Waals surface area contributed by atoms with E-state index in [0.29, 0.717) is 5.78 Å². The van der Waals surface area contributed by atoms with Crippen LogP contribution < -0.4 is 5.32 Å². The Hall–Kier alpha value is -0.410. The third kappa shape index (κ3) is 2.83. The number of carbonyl (C=O) groups excluding carboxylic acids is 1. The fourth-order valence-corrected chi connectivity index (χ4v) is 2.54. The van der Waals surface area contributed by atoms with Gasteiger partial charge in [0.2, 0.25) is 0 Å². The number of nitrogens with one attached hydrogen (secondary N) is 1. The van der Waals surface area contributed by atoms with Crippen molar-refractivity contribution in [2.75, 3.05) is 26.2 Å². The molecule has 3 heteroatoms. The molecule has 0 aliphatic carbocycles. The fraction of sp³-hybridized carbons (Fsp3) is 0.923. The fourth-order valence-electron chi connectivity index (χ4n) is 2.54. The summed E-state index contributed by atoms with van der Waals surface area (Å²) in [5, 5.41) is 3.33. The Morgan fingerprint density at radius 3 is 2.19 bits per heavy atom. The molecule has 1 aliphatic heterocycles. The minimum atomic E-state index is -0.293. The first-order chi connectivity index (χ1) is 7.54. The predicted octanol–water partition coefficient (Wildman–Crippen LogP) is 1.68. The second-order valence-corrected chi connectivity index (χ2v) is 5.17. The number of rotatable bonds is 5. The molecular formula is C13H26N2O. The molecule has 3 nitrogen and oxygen atoms in total. The summed E-state index contributed by atoms with van der Waals surface area (Å²) in [5.74, 6) is 0.643. The molecule has 1 rings (SSSR count). The molecular weight excluding hydrogens is 200 g/mol. The van der Waals surface area contributed by atoms with Crippen molar-refractivity contribution in [2.24, 2.45) is 5.92 Å². The zero-order valence-electron chi connectivity index (χ0n) is 11.2. The van der Waals surface area contributed by atoms with Crippen LogP contribution in [0.2, 0.25) is 0 Å². The number of hydrogen-bond donors (Lipinski definition) is 1. The minimum absolute atomic E-state index is 0.227. The van der Waals surface area contributed by atoms with E-state index in [0.717, 1.165) is 39.0 Å². The van der Waals surface area contributed by atoms with Crippen LogP contribution in [0.3, 0.4) is 0 Å². The summed E-state index contributed by atoms with van der Waals surface area (Å²) in [6.07, 6.45) is 1.93. The lowest BCUT2D eigenvalue weighted by Gasteiger charge is -2.41. The van der Waals surface area contributed by atoms with E-state index in [2.05, 4.69) is 37.9 Å². The van der Waals surface area contributed by atoms with Gasteiger partial charge in [0.15, 0.2) is 5.78 Å². The molecule has 0 radical (unpaired) electrons. The molecule has 0 spiro atoms. The van der Waals surface area contributed by atoms with Gasteiger partial charge in [0.05, 0.1) is 5.54 Å². The van der Waals surface area contributed by atoms with Gasteiger partial charge in [0, 0.05) is 32.1 Å². The Balaban J connectivity index is 2.70. The lowest BCUT2D eigenvalue weighted by Crippen LogP contribution is -2.58. The first kappa shape index (κ1) is 13.7. The van der Waals surface area contributed by atoms with E-state index in [4.69, 9.17) is 0 Å². The highest BCUT2D eigenvalue weighted by Crippen LogP contribution is 2.23. The van der Waals surface area contributed by atoms with Gasteiger partial charge in [0.25, 0.3) is 0 Å². The number of ketones is 1. The molecule has 0 saturated carbocycles. The maximum atomic E-state index is 12.5. The lowest BCUT2D eigenvalue weighted by molar-refractivity contribution is -0.134. The van der Waals surface area contributed by atoms with Crippen molar-refractivity contribution in [3.63, 3.8) is 0 Å². The topological polar surface area (TPSA) is 32.3 Å². The number of carbonyl (C=O) groups is 1. The summed E-state index contributed by atoms with van der Waals surface area (Å²) in [6, 6.07) is 0. The standard InChI is InChI=1S/C13H26N2O/c1-5-11(6-2)12(16)13(3,4)15-9-7-14-8-10-15/h11,14H,5-10H2,1-4H3. The van der Waals surface area contributed by atoms with Crippen molar-refractivity contribution in [3.05, 3.63) is 0 Å². The van der Waals surface area contributed by atoms with Crippen LogP contribution in [0, 0.1) is 5.92 Å². The van der Waals surface area contributed by atoms with E-state index in [1.807, 2.05) is 0 Å². The van der Waals surface area contributed by atoms with Gasteiger partial charge in [-0.25, -0.2) is 0 Å². The number of Topliss-reactive ketones (excluding diaryl/α,β-unsaturated/α-hetero) is 1. The first-order valence-electron chi connectivity index (χ1n) is 6.54. The van der Waals surface area contributed by atoms with Gasteiger partial charge in [-0.05, 0) is 26.7 Å². The van der Waals surface area contributed by atoms with E-state index in [-0.39, 0.29) is 11.5 Å². The maximum Gasteiger partial charge on any atom is 0.155 e.